The molecule has 27 heavy (non-hydrogen) atoms. The number of nitriles is 1. The van der Waals surface area contributed by atoms with Gasteiger partial charge in [0.1, 0.15) is 12.4 Å². The van der Waals surface area contributed by atoms with Gasteiger partial charge in [-0.1, -0.05) is 0 Å². The molecule has 0 aliphatic rings. The van der Waals surface area contributed by atoms with Gasteiger partial charge in [-0.15, -0.1) is 0 Å². The topological polar surface area (TPSA) is 115 Å². The van der Waals surface area contributed by atoms with Gasteiger partial charge in [-0.05, 0) is 12.8 Å². The zero-order valence-corrected chi connectivity index (χ0v) is 15.2. The summed E-state index contributed by atoms with van der Waals surface area (Å²) >= 11 is 0. The number of sulfonamides is 2. The summed E-state index contributed by atoms with van der Waals surface area (Å²) in [7, 11) is -11.4. The van der Waals surface area contributed by atoms with Gasteiger partial charge in [0.05, 0.1) is 19.7 Å². The number of hydrogen-bond acceptors (Lipinski definition) is 5. The van der Waals surface area contributed by atoms with Crippen molar-refractivity contribution < 1.29 is 47.7 Å². The number of aromatic nitrogens is 2. The van der Waals surface area contributed by atoms with Crippen molar-refractivity contribution in [3.05, 3.63) is 22.8 Å². The summed E-state index contributed by atoms with van der Waals surface area (Å²) in [5.41, 5.74) is -12.4. The monoisotopic (exact) mass is 444 g/mol. The van der Waals surface area contributed by atoms with E-state index in [0.29, 0.717) is 6.42 Å². The summed E-state index contributed by atoms with van der Waals surface area (Å²) < 4.78 is 113. The number of halogens is 6. The van der Waals surface area contributed by atoms with Crippen LogP contribution in [0.5, 0.6) is 0 Å². The van der Waals surface area contributed by atoms with Crippen LogP contribution in [0.3, 0.4) is 0 Å². The van der Waals surface area contributed by atoms with Crippen molar-refractivity contribution in [3.8, 4) is 6.07 Å². The minimum Gasteiger partial charge on any atom is -0.421 e. The Morgan fingerprint density at radius 3 is 1.85 bits per heavy atom. The normalized spacial score (nSPS) is 12.8. The van der Waals surface area contributed by atoms with Gasteiger partial charge in [0.25, 0.3) is 0 Å². The van der Waals surface area contributed by atoms with E-state index in [1.807, 2.05) is 30.3 Å². The first kappa shape index (κ1) is 25.1. The second kappa shape index (κ2) is 9.37. The van der Waals surface area contributed by atoms with Gasteiger partial charge in [0, 0.05) is 6.42 Å². The molecule has 1 aromatic heterocycles. The third-order valence-electron chi connectivity index (χ3n) is 2.56. The molecule has 0 N–H and O–H groups in total. The van der Waals surface area contributed by atoms with Gasteiger partial charge in [-0.2, -0.15) is 31.6 Å². The molecule has 0 unspecified atom stereocenters. The first-order valence-corrected chi connectivity index (χ1v) is 9.66. The van der Waals surface area contributed by atoms with E-state index in [0.717, 1.165) is 23.5 Å². The summed E-state index contributed by atoms with van der Waals surface area (Å²) in [5, 5.41) is 8.31. The minimum absolute atomic E-state index is 0.674. The van der Waals surface area contributed by atoms with E-state index in [2.05, 4.69) is 10.6 Å². The molecule has 0 aliphatic heterocycles. The molecule has 0 saturated heterocycles. The second-order valence-corrected chi connectivity index (χ2v) is 8.27. The van der Waals surface area contributed by atoms with Crippen LogP contribution in [-0.4, -0.2) is 32.4 Å². The summed E-state index contributed by atoms with van der Waals surface area (Å²) in [6, 6.07) is 2.14. The Morgan fingerprint density at radius 1 is 1.04 bits per heavy atom. The minimum atomic E-state index is -6.72. The highest BCUT2D eigenvalue weighted by Gasteiger charge is 2.46. The average Bonchev–Trinajstić information content (AvgIpc) is 2.86. The van der Waals surface area contributed by atoms with Gasteiger partial charge >= 0.3 is 11.0 Å². The molecule has 156 valence electrons. The Kier molecular flexibility index (Phi) is 8.73. The van der Waals surface area contributed by atoms with Gasteiger partial charge in [-0.3, -0.25) is 0 Å². The van der Waals surface area contributed by atoms with Crippen molar-refractivity contribution in [2.75, 3.05) is 0 Å². The molecule has 1 heterocycles. The van der Waals surface area contributed by atoms with E-state index in [9.17, 15) is 43.2 Å². The highest BCUT2D eigenvalue weighted by molar-refractivity contribution is 8.13. The van der Waals surface area contributed by atoms with E-state index in [4.69, 9.17) is 5.26 Å². The molecule has 0 amide bonds. The predicted molar refractivity (Wildman–Crippen MR) is 78.4 cm³/mol. The van der Waals surface area contributed by atoms with Crippen molar-refractivity contribution in [1.82, 2.24) is 4.57 Å². The Morgan fingerprint density at radius 2 is 1.52 bits per heavy atom. The molecule has 0 bridgehead atoms. The Hall–Kier alpha value is -1.86. The number of alkyl halides is 6. The average molecular weight is 444 g/mol. The van der Waals surface area contributed by atoms with Crippen LogP contribution in [0.4, 0.5) is 26.3 Å². The summed E-state index contributed by atoms with van der Waals surface area (Å²) in [4.78, 5) is 0. The van der Waals surface area contributed by atoms with Crippen LogP contribution in [0.25, 0.3) is 4.13 Å². The fourth-order valence-electron chi connectivity index (χ4n) is 1.35. The molecule has 0 aromatic carbocycles. The van der Waals surface area contributed by atoms with Crippen molar-refractivity contribution in [2.45, 2.75) is 36.8 Å². The Bertz CT molecular complexity index is 811. The van der Waals surface area contributed by atoms with Crippen molar-refractivity contribution in [1.29, 1.82) is 5.26 Å². The third-order valence-corrected chi connectivity index (χ3v) is 5.30. The molecule has 1 aromatic rings. The number of hydrogen-bond donors (Lipinski definition) is 0. The van der Waals surface area contributed by atoms with Gasteiger partial charge in [0.2, 0.25) is 6.33 Å². The Labute approximate surface area is 151 Å². The maximum absolute atomic E-state index is 11.4. The molecule has 0 aliphatic carbocycles. The standard InChI is InChI=1S/C9H14N3.C2F6NO4S2/c1-11-7-8-12(9-11)6-4-2-3-5-10;3-1(4,5)14(10,11)9-15(12,13)2(6,7)8/h7-9H,2-4,6H2,1H3;/q+1;-1. The number of unbranched alkanes of at least 4 members (excludes halogenated alkanes) is 2. The molecule has 16 heteroatoms. The molecule has 1 rings (SSSR count). The van der Waals surface area contributed by atoms with Gasteiger partial charge in [-0.25, -0.2) is 26.0 Å². The van der Waals surface area contributed by atoms with Crippen LogP contribution in [0.1, 0.15) is 19.3 Å². The number of aryl methyl sites for hydroxylation is 2. The lowest BCUT2D eigenvalue weighted by Gasteiger charge is -2.22. The summed E-state index contributed by atoms with van der Waals surface area (Å²) in [6.07, 6.45) is 8.87. The first-order valence-electron chi connectivity index (χ1n) is 6.78. The largest absolute Gasteiger partial charge is 0.480 e. The fraction of sp³-hybridized carbons (Fsp3) is 0.636. The zero-order chi connectivity index (χ0) is 21.5. The first-order chi connectivity index (χ1) is 12.0. The summed E-state index contributed by atoms with van der Waals surface area (Å²) in [5.74, 6) is 0. The molecule has 0 radical (unpaired) electrons. The highest BCUT2D eigenvalue weighted by Crippen LogP contribution is 2.36. The lowest BCUT2D eigenvalue weighted by Crippen LogP contribution is -2.30. The molecule has 0 spiro atoms. The number of nitrogens with zero attached hydrogens (tertiary/aromatic N) is 4. The number of imidazole rings is 1. The lowest BCUT2D eigenvalue weighted by molar-refractivity contribution is -0.671. The smallest absolute Gasteiger partial charge is 0.421 e. The Balaban J connectivity index is 0.000000511. The molecule has 8 nitrogen and oxygen atoms in total. The molecule has 0 fully saturated rings. The van der Waals surface area contributed by atoms with Crippen molar-refractivity contribution in [2.24, 2.45) is 7.05 Å². The van der Waals surface area contributed by atoms with Crippen LogP contribution in [-0.2, 0) is 33.6 Å². The molecular weight excluding hydrogens is 430 g/mol. The van der Waals surface area contributed by atoms with Gasteiger partial charge in [0.15, 0.2) is 20.0 Å². The van der Waals surface area contributed by atoms with E-state index >= 15 is 0 Å². The van der Waals surface area contributed by atoms with E-state index < -0.39 is 31.1 Å². The molecule has 0 atom stereocenters. The van der Waals surface area contributed by atoms with Crippen LogP contribution < -0.4 is 4.57 Å². The van der Waals surface area contributed by atoms with E-state index in [-0.39, 0.29) is 0 Å². The van der Waals surface area contributed by atoms with Gasteiger partial charge < -0.3 is 4.13 Å². The molecule has 0 saturated carbocycles. The SMILES string of the molecule is C[n+]1ccn(CCCCC#N)c1.O=S(=O)([N-]S(=O)(=O)C(F)(F)F)C(F)(F)F. The maximum atomic E-state index is 11.4. The van der Waals surface area contributed by atoms with Crippen LogP contribution in [0.15, 0.2) is 18.7 Å². The van der Waals surface area contributed by atoms with Crippen molar-refractivity contribution in [3.63, 3.8) is 0 Å². The van der Waals surface area contributed by atoms with Crippen molar-refractivity contribution >= 4 is 20.0 Å². The fourth-order valence-corrected chi connectivity index (χ4v) is 3.06. The van der Waals surface area contributed by atoms with Crippen LogP contribution in [0, 0.1) is 11.3 Å². The zero-order valence-electron chi connectivity index (χ0n) is 13.6. The van der Waals surface area contributed by atoms with E-state index in [1.54, 1.807) is 0 Å². The third kappa shape index (κ3) is 8.58. The quantitative estimate of drug-likeness (QED) is 0.379. The van der Waals surface area contributed by atoms with E-state index in [1.165, 1.54) is 0 Å². The van der Waals surface area contributed by atoms with Crippen LogP contribution >= 0.6 is 0 Å². The lowest BCUT2D eigenvalue weighted by atomic mass is 10.2. The van der Waals surface area contributed by atoms with Crippen LogP contribution in [0.2, 0.25) is 0 Å². The predicted octanol–water partition coefficient (Wildman–Crippen LogP) is 2.07. The second-order valence-electron chi connectivity index (χ2n) is 4.85. The molecular formula is C11H14F6N4O4S2. The highest BCUT2D eigenvalue weighted by atomic mass is 32.3. The maximum Gasteiger partial charge on any atom is 0.480 e. The summed E-state index contributed by atoms with van der Waals surface area (Å²) in [6.45, 7) is 1.02. The number of rotatable bonds is 6.